The van der Waals surface area contributed by atoms with E-state index >= 15 is 0 Å². The highest BCUT2D eigenvalue weighted by molar-refractivity contribution is 6.25. The largest absolute Gasteiger partial charge is 0.392 e. The fourth-order valence-corrected chi connectivity index (χ4v) is 3.39. The molecule has 0 spiro atoms. The van der Waals surface area contributed by atoms with Crippen molar-refractivity contribution in [2.45, 2.75) is 25.8 Å². The number of carbonyl (C=O) groups is 4. The van der Waals surface area contributed by atoms with Gasteiger partial charge in [-0.05, 0) is 31.1 Å². The summed E-state index contributed by atoms with van der Waals surface area (Å²) in [5.74, 6) is -2.14. The summed E-state index contributed by atoms with van der Waals surface area (Å²) in [7, 11) is 0. The van der Waals surface area contributed by atoms with E-state index in [1.165, 1.54) is 0 Å². The van der Waals surface area contributed by atoms with Crippen molar-refractivity contribution in [2.75, 3.05) is 18.5 Å². The number of hydrogen-bond acceptors (Lipinski definition) is 6. The van der Waals surface area contributed by atoms with Crippen molar-refractivity contribution in [1.82, 2.24) is 10.2 Å². The molecule has 3 rings (SSSR count). The minimum Gasteiger partial charge on any atom is -0.392 e. The van der Waals surface area contributed by atoms with Gasteiger partial charge >= 0.3 is 0 Å². The van der Waals surface area contributed by atoms with Crippen LogP contribution in [0.5, 0.6) is 0 Å². The van der Waals surface area contributed by atoms with E-state index < -0.39 is 29.7 Å². The first kappa shape index (κ1) is 21.2. The van der Waals surface area contributed by atoms with Gasteiger partial charge in [0, 0.05) is 18.7 Å². The average Bonchev–Trinajstić information content (AvgIpc) is 2.98. The summed E-state index contributed by atoms with van der Waals surface area (Å²) >= 11 is 0. The molecule has 0 aromatic heterocycles. The van der Waals surface area contributed by atoms with Crippen LogP contribution in [0.25, 0.3) is 0 Å². The van der Waals surface area contributed by atoms with Crippen LogP contribution >= 0.6 is 0 Å². The second kappa shape index (κ2) is 8.87. The van der Waals surface area contributed by atoms with E-state index in [4.69, 9.17) is 5.11 Å². The van der Waals surface area contributed by atoms with E-state index in [1.54, 1.807) is 30.4 Å². The molecule has 2 aliphatic rings. The highest BCUT2D eigenvalue weighted by Crippen LogP contribution is 2.32. The van der Waals surface area contributed by atoms with Crippen molar-refractivity contribution < 1.29 is 24.3 Å². The van der Waals surface area contributed by atoms with Gasteiger partial charge in [0.05, 0.1) is 17.7 Å². The standard InChI is InChI=1S/C22H23N3O5/c1-3-14(12-26)8-7-13(2)11-23-16-6-4-5-15-19(16)22(30)25(21(15)29)17-9-10-18(27)24-20(17)28/h3-8,17,23,26H,1,9-12H2,2H3,(H,24,27,28)/b13-7+,14-8+. The Morgan fingerprint density at radius 1 is 1.27 bits per heavy atom. The fraction of sp³-hybridized carbons (Fsp3) is 0.273. The summed E-state index contributed by atoms with van der Waals surface area (Å²) in [6.45, 7) is 5.80. The van der Waals surface area contributed by atoms with Crippen LogP contribution in [0.1, 0.15) is 40.5 Å². The molecule has 0 aliphatic carbocycles. The first-order valence-electron chi connectivity index (χ1n) is 9.55. The van der Waals surface area contributed by atoms with Crippen LogP contribution < -0.4 is 10.6 Å². The second-order valence-electron chi connectivity index (χ2n) is 7.15. The highest BCUT2D eigenvalue weighted by atomic mass is 16.3. The summed E-state index contributed by atoms with van der Waals surface area (Å²) in [6, 6.07) is 3.92. The van der Waals surface area contributed by atoms with Gasteiger partial charge in [0.2, 0.25) is 11.8 Å². The number of rotatable bonds is 7. The van der Waals surface area contributed by atoms with Gasteiger partial charge in [-0.3, -0.25) is 29.4 Å². The maximum absolute atomic E-state index is 13.0. The van der Waals surface area contributed by atoms with Crippen LogP contribution in [0.4, 0.5) is 5.69 Å². The molecule has 1 aromatic rings. The molecule has 1 saturated heterocycles. The number of anilines is 1. The van der Waals surface area contributed by atoms with Crippen molar-refractivity contribution in [3.63, 3.8) is 0 Å². The molecule has 0 bridgehead atoms. The van der Waals surface area contributed by atoms with Crippen molar-refractivity contribution in [1.29, 1.82) is 0 Å². The number of aliphatic hydroxyl groups excluding tert-OH is 1. The molecule has 2 heterocycles. The Balaban J connectivity index is 1.81. The van der Waals surface area contributed by atoms with E-state index in [1.807, 2.05) is 13.0 Å². The molecule has 1 atom stereocenters. The maximum Gasteiger partial charge on any atom is 0.264 e. The summed E-state index contributed by atoms with van der Waals surface area (Å²) in [4.78, 5) is 50.4. The lowest BCUT2D eigenvalue weighted by atomic mass is 10.0. The zero-order valence-corrected chi connectivity index (χ0v) is 16.6. The summed E-state index contributed by atoms with van der Waals surface area (Å²) in [5, 5.41) is 14.5. The third kappa shape index (κ3) is 4.08. The number of amides is 4. The minimum atomic E-state index is -0.995. The molecule has 30 heavy (non-hydrogen) atoms. The van der Waals surface area contributed by atoms with Crippen LogP contribution in [0.15, 0.2) is 54.2 Å². The van der Waals surface area contributed by atoms with Crippen molar-refractivity contribution in [3.8, 4) is 0 Å². The molecular weight excluding hydrogens is 386 g/mol. The smallest absolute Gasteiger partial charge is 0.264 e. The summed E-state index contributed by atoms with van der Waals surface area (Å²) in [5.41, 5.74) is 2.54. The number of hydrogen-bond donors (Lipinski definition) is 3. The molecule has 2 aliphatic heterocycles. The second-order valence-corrected chi connectivity index (χ2v) is 7.15. The third-order valence-electron chi connectivity index (χ3n) is 5.05. The van der Waals surface area contributed by atoms with Gasteiger partial charge in [0.25, 0.3) is 11.8 Å². The lowest BCUT2D eigenvalue weighted by molar-refractivity contribution is -0.136. The molecule has 1 aromatic carbocycles. The highest BCUT2D eigenvalue weighted by Gasteiger charge is 2.45. The monoisotopic (exact) mass is 409 g/mol. The molecule has 0 radical (unpaired) electrons. The van der Waals surface area contributed by atoms with Gasteiger partial charge < -0.3 is 10.4 Å². The number of fused-ring (bicyclic) bond motifs is 1. The summed E-state index contributed by atoms with van der Waals surface area (Å²) < 4.78 is 0. The molecule has 156 valence electrons. The molecule has 8 heteroatoms. The van der Waals surface area contributed by atoms with Crippen molar-refractivity contribution >= 4 is 29.3 Å². The van der Waals surface area contributed by atoms with E-state index in [2.05, 4.69) is 17.2 Å². The lowest BCUT2D eigenvalue weighted by Gasteiger charge is -2.27. The van der Waals surface area contributed by atoms with E-state index in [0.717, 1.165) is 10.5 Å². The number of nitrogens with one attached hydrogen (secondary N) is 2. The van der Waals surface area contributed by atoms with Crippen LogP contribution in [0.3, 0.4) is 0 Å². The molecule has 3 N–H and O–H groups in total. The first-order valence-corrected chi connectivity index (χ1v) is 9.55. The van der Waals surface area contributed by atoms with Crippen molar-refractivity contribution in [3.05, 3.63) is 65.3 Å². The Morgan fingerprint density at radius 2 is 2.03 bits per heavy atom. The normalized spacial score (nSPS) is 19.7. The minimum absolute atomic E-state index is 0.0764. The number of nitrogens with zero attached hydrogens (tertiary/aromatic N) is 1. The SMILES string of the molecule is C=C/C(=C\C=C(/C)CNc1cccc2c1C(=O)N(C1CCC(=O)NC1=O)C2=O)CO. The fourth-order valence-electron chi connectivity index (χ4n) is 3.39. The van der Waals surface area contributed by atoms with Gasteiger partial charge in [-0.15, -0.1) is 0 Å². The Hall–Kier alpha value is -3.52. The van der Waals surface area contributed by atoms with Gasteiger partial charge in [-0.25, -0.2) is 0 Å². The lowest BCUT2D eigenvalue weighted by Crippen LogP contribution is -2.54. The maximum atomic E-state index is 13.0. The van der Waals surface area contributed by atoms with Gasteiger partial charge in [-0.1, -0.05) is 36.4 Å². The van der Waals surface area contributed by atoms with Gasteiger partial charge in [0.15, 0.2) is 0 Å². The third-order valence-corrected chi connectivity index (χ3v) is 5.05. The quantitative estimate of drug-likeness (QED) is 0.465. The molecular formula is C22H23N3O5. The topological polar surface area (TPSA) is 116 Å². The first-order chi connectivity index (χ1) is 14.4. The average molecular weight is 409 g/mol. The zero-order valence-electron chi connectivity index (χ0n) is 16.6. The molecule has 4 amide bonds. The number of imide groups is 2. The predicted molar refractivity (Wildman–Crippen MR) is 111 cm³/mol. The number of allylic oxidation sites excluding steroid dienone is 2. The number of aliphatic hydroxyl groups is 1. The molecule has 8 nitrogen and oxygen atoms in total. The Kier molecular flexibility index (Phi) is 6.27. The van der Waals surface area contributed by atoms with Gasteiger partial charge in [-0.2, -0.15) is 0 Å². The van der Waals surface area contributed by atoms with E-state index in [0.29, 0.717) is 17.8 Å². The van der Waals surface area contributed by atoms with Crippen molar-refractivity contribution in [2.24, 2.45) is 0 Å². The van der Waals surface area contributed by atoms with Crippen LogP contribution in [-0.2, 0) is 9.59 Å². The van der Waals surface area contributed by atoms with E-state index in [9.17, 15) is 19.2 Å². The zero-order chi connectivity index (χ0) is 21.8. The number of piperidine rings is 1. The number of carbonyl (C=O) groups excluding carboxylic acids is 4. The number of benzene rings is 1. The van der Waals surface area contributed by atoms with E-state index in [-0.39, 0.29) is 30.6 Å². The Bertz CT molecular complexity index is 992. The summed E-state index contributed by atoms with van der Waals surface area (Å²) in [6.07, 6.45) is 5.33. The predicted octanol–water partition coefficient (Wildman–Crippen LogP) is 1.55. The van der Waals surface area contributed by atoms with Crippen LogP contribution in [-0.4, -0.2) is 52.8 Å². The Morgan fingerprint density at radius 3 is 2.70 bits per heavy atom. The Labute approximate surface area is 173 Å². The molecule has 0 saturated carbocycles. The van der Waals surface area contributed by atoms with Gasteiger partial charge in [0.1, 0.15) is 6.04 Å². The van der Waals surface area contributed by atoms with Crippen LogP contribution in [0, 0.1) is 0 Å². The molecule has 1 fully saturated rings. The van der Waals surface area contributed by atoms with Crippen LogP contribution in [0.2, 0.25) is 0 Å². The molecule has 1 unspecified atom stereocenters.